The van der Waals surface area contributed by atoms with Gasteiger partial charge in [0.05, 0.1) is 17.4 Å². The van der Waals surface area contributed by atoms with E-state index in [0.29, 0.717) is 17.0 Å². The smallest absolute Gasteiger partial charge is 0.230 e. The van der Waals surface area contributed by atoms with E-state index in [1.165, 1.54) is 0 Å². The normalized spacial score (nSPS) is 20.4. The summed E-state index contributed by atoms with van der Waals surface area (Å²) in [6.07, 6.45) is 1.20. The lowest BCUT2D eigenvalue weighted by molar-refractivity contribution is -0.122. The number of hydrogen-bond donors (Lipinski definition) is 1. The van der Waals surface area contributed by atoms with Crippen LogP contribution in [0.5, 0.6) is 0 Å². The third kappa shape index (κ3) is 3.65. The number of allylic oxidation sites excluding steroid dienone is 1. The molecule has 1 heterocycles. The van der Waals surface area contributed by atoms with Gasteiger partial charge in [0, 0.05) is 28.6 Å². The molecular formula is C25H27ClN2O2. The molecule has 1 amide bonds. The molecule has 0 saturated carbocycles. The molecule has 1 aliphatic heterocycles. The largest absolute Gasteiger partial charge is 0.357 e. The van der Waals surface area contributed by atoms with Gasteiger partial charge in [-0.2, -0.15) is 0 Å². The summed E-state index contributed by atoms with van der Waals surface area (Å²) in [7, 11) is 0. The number of rotatable bonds is 2. The maximum absolute atomic E-state index is 13.5. The minimum absolute atomic E-state index is 0.0180. The summed E-state index contributed by atoms with van der Waals surface area (Å²) in [6, 6.07) is 14.8. The Morgan fingerprint density at radius 2 is 1.77 bits per heavy atom. The van der Waals surface area contributed by atoms with Crippen LogP contribution in [0.4, 0.5) is 11.4 Å². The van der Waals surface area contributed by atoms with E-state index in [1.807, 2.05) is 62.4 Å². The van der Waals surface area contributed by atoms with Gasteiger partial charge in [0.2, 0.25) is 5.91 Å². The molecule has 0 bridgehead atoms. The number of carbonyl (C=O) groups is 2. The predicted octanol–water partition coefficient (Wildman–Crippen LogP) is 6.14. The molecular weight excluding hydrogens is 396 g/mol. The quantitative estimate of drug-likeness (QED) is 0.632. The second-order valence-corrected chi connectivity index (χ2v) is 9.73. The van der Waals surface area contributed by atoms with Crippen molar-refractivity contribution < 1.29 is 9.59 Å². The van der Waals surface area contributed by atoms with E-state index in [9.17, 15) is 9.59 Å². The fraction of sp³-hybridized carbons (Fsp3) is 0.360. The van der Waals surface area contributed by atoms with Crippen LogP contribution in [0.1, 0.15) is 52.1 Å². The Bertz CT molecular complexity index is 1040. The fourth-order valence-electron chi connectivity index (χ4n) is 4.47. The summed E-state index contributed by atoms with van der Waals surface area (Å²) in [5.74, 6) is -0.149. The Labute approximate surface area is 182 Å². The monoisotopic (exact) mass is 422 g/mol. The van der Waals surface area contributed by atoms with Crippen molar-refractivity contribution in [3.63, 3.8) is 0 Å². The van der Waals surface area contributed by atoms with E-state index in [-0.39, 0.29) is 23.0 Å². The lowest BCUT2D eigenvalue weighted by atomic mass is 9.73. The van der Waals surface area contributed by atoms with Crippen molar-refractivity contribution in [3.8, 4) is 0 Å². The first-order valence-electron chi connectivity index (χ1n) is 10.4. The molecule has 2 aromatic carbocycles. The first-order chi connectivity index (χ1) is 14.2. The highest BCUT2D eigenvalue weighted by Gasteiger charge is 2.43. The minimum atomic E-state index is -0.494. The molecule has 1 N–H and O–H groups in total. The van der Waals surface area contributed by atoms with Gasteiger partial charge in [-0.1, -0.05) is 63.6 Å². The van der Waals surface area contributed by atoms with Crippen molar-refractivity contribution in [1.82, 2.24) is 0 Å². The highest BCUT2D eigenvalue weighted by Crippen LogP contribution is 2.48. The van der Waals surface area contributed by atoms with Crippen LogP contribution in [0.3, 0.4) is 0 Å². The summed E-state index contributed by atoms with van der Waals surface area (Å²) in [6.45, 7) is 8.01. The van der Waals surface area contributed by atoms with Gasteiger partial charge in [-0.25, -0.2) is 0 Å². The molecule has 0 fully saturated rings. The van der Waals surface area contributed by atoms with Gasteiger partial charge in [0.1, 0.15) is 0 Å². The molecule has 1 atom stereocenters. The average Bonchev–Trinajstić information content (AvgIpc) is 2.81. The number of hydrogen-bond acceptors (Lipinski definition) is 3. The fourth-order valence-corrected chi connectivity index (χ4v) is 4.59. The van der Waals surface area contributed by atoms with Crippen LogP contribution in [0.2, 0.25) is 5.02 Å². The van der Waals surface area contributed by atoms with E-state index >= 15 is 0 Å². The Kier molecular flexibility index (Phi) is 5.23. The van der Waals surface area contributed by atoms with Crippen molar-refractivity contribution in [1.29, 1.82) is 0 Å². The van der Waals surface area contributed by atoms with Crippen LogP contribution in [0, 0.1) is 11.3 Å². The van der Waals surface area contributed by atoms with E-state index in [1.54, 1.807) is 4.90 Å². The third-order valence-electron chi connectivity index (χ3n) is 5.82. The summed E-state index contributed by atoms with van der Waals surface area (Å²) in [4.78, 5) is 28.8. The van der Waals surface area contributed by atoms with Gasteiger partial charge in [-0.15, -0.1) is 0 Å². The van der Waals surface area contributed by atoms with E-state index < -0.39 is 6.04 Å². The number of ketones is 1. The molecule has 2 aliphatic rings. The van der Waals surface area contributed by atoms with Gasteiger partial charge in [0.25, 0.3) is 0 Å². The van der Waals surface area contributed by atoms with Crippen molar-refractivity contribution >= 4 is 34.7 Å². The maximum atomic E-state index is 13.5. The molecule has 5 heteroatoms. The second kappa shape index (κ2) is 7.59. The topological polar surface area (TPSA) is 49.4 Å². The van der Waals surface area contributed by atoms with Crippen LogP contribution in [-0.2, 0) is 9.59 Å². The number of nitrogens with one attached hydrogen (secondary N) is 1. The summed E-state index contributed by atoms with van der Waals surface area (Å²) < 4.78 is 0. The molecule has 30 heavy (non-hydrogen) atoms. The van der Waals surface area contributed by atoms with E-state index in [0.717, 1.165) is 29.1 Å². The minimum Gasteiger partial charge on any atom is -0.357 e. The molecule has 4 nitrogen and oxygen atoms in total. The Hall–Kier alpha value is -2.59. The van der Waals surface area contributed by atoms with Crippen LogP contribution < -0.4 is 10.2 Å². The summed E-state index contributed by atoms with van der Waals surface area (Å²) in [5, 5.41) is 4.14. The number of nitrogens with zero attached hydrogens (tertiary/aromatic N) is 1. The molecule has 4 rings (SSSR count). The van der Waals surface area contributed by atoms with Crippen molar-refractivity contribution in [2.45, 2.75) is 46.6 Å². The number of amides is 1. The van der Waals surface area contributed by atoms with Gasteiger partial charge in [-0.05, 0) is 41.7 Å². The number of para-hydroxylation sites is 2. The van der Waals surface area contributed by atoms with Crippen LogP contribution in [0.15, 0.2) is 59.8 Å². The average molecular weight is 423 g/mol. The van der Waals surface area contributed by atoms with Gasteiger partial charge in [0.15, 0.2) is 5.78 Å². The zero-order valence-electron chi connectivity index (χ0n) is 17.8. The molecule has 1 aliphatic carbocycles. The molecule has 0 radical (unpaired) electrons. The van der Waals surface area contributed by atoms with Crippen LogP contribution in [0.25, 0.3) is 0 Å². The first kappa shape index (κ1) is 20.7. The Morgan fingerprint density at radius 3 is 2.43 bits per heavy atom. The van der Waals surface area contributed by atoms with Crippen molar-refractivity contribution in [2.75, 3.05) is 10.2 Å². The Morgan fingerprint density at radius 1 is 1.10 bits per heavy atom. The molecule has 0 unspecified atom stereocenters. The van der Waals surface area contributed by atoms with Crippen LogP contribution >= 0.6 is 11.6 Å². The summed E-state index contributed by atoms with van der Waals surface area (Å²) >= 11 is 6.14. The highest BCUT2D eigenvalue weighted by molar-refractivity contribution is 6.30. The van der Waals surface area contributed by atoms with Gasteiger partial charge < -0.3 is 5.32 Å². The number of benzene rings is 2. The first-order valence-corrected chi connectivity index (χ1v) is 10.8. The summed E-state index contributed by atoms with van der Waals surface area (Å²) in [5.41, 5.74) is 3.97. The molecule has 0 aromatic heterocycles. The van der Waals surface area contributed by atoms with Gasteiger partial charge >= 0.3 is 0 Å². The molecule has 0 saturated heterocycles. The third-order valence-corrected chi connectivity index (χ3v) is 6.07. The number of fused-ring (bicyclic) bond motifs is 1. The van der Waals surface area contributed by atoms with E-state index in [2.05, 4.69) is 19.2 Å². The number of carbonyl (C=O) groups excluding carboxylic acids is 2. The number of Topliss-reactive ketones (excluding diaryl/α,β-unsaturated/α-hetero) is 1. The van der Waals surface area contributed by atoms with Crippen molar-refractivity contribution in [2.24, 2.45) is 11.3 Å². The van der Waals surface area contributed by atoms with Crippen molar-refractivity contribution in [3.05, 3.63) is 70.4 Å². The lowest BCUT2D eigenvalue weighted by Gasteiger charge is -2.37. The highest BCUT2D eigenvalue weighted by atomic mass is 35.5. The predicted molar refractivity (Wildman–Crippen MR) is 122 cm³/mol. The zero-order chi connectivity index (χ0) is 21.6. The van der Waals surface area contributed by atoms with Crippen LogP contribution in [-0.4, -0.2) is 11.7 Å². The second-order valence-electron chi connectivity index (χ2n) is 9.29. The molecule has 0 spiro atoms. The van der Waals surface area contributed by atoms with E-state index in [4.69, 9.17) is 11.6 Å². The lowest BCUT2D eigenvalue weighted by Crippen LogP contribution is -2.41. The van der Waals surface area contributed by atoms with Gasteiger partial charge in [-0.3, -0.25) is 14.5 Å². The zero-order valence-corrected chi connectivity index (χ0v) is 18.6. The molecule has 156 valence electrons. The Balaban J connectivity index is 2.01. The standard InChI is InChI=1S/C25H27ClN2O2/c1-15(2)24(30)28-20-8-6-5-7-18(20)27-19-13-25(3,4)14-21(29)22(19)23(28)16-9-11-17(26)12-10-16/h5-12,15,23,27H,13-14H2,1-4H3/t23-/m1/s1. The maximum Gasteiger partial charge on any atom is 0.230 e. The molecule has 2 aromatic rings. The SMILES string of the molecule is CC(C)C(=O)N1c2ccccc2NC2=C(C(=O)CC(C)(C)C2)[C@H]1c1ccc(Cl)cc1. The number of anilines is 2. The number of halogens is 1.